The van der Waals surface area contributed by atoms with Crippen molar-refractivity contribution in [2.75, 3.05) is 40.3 Å². The van der Waals surface area contributed by atoms with Gasteiger partial charge in [0, 0.05) is 25.2 Å². The molecule has 0 saturated carbocycles. The highest BCUT2D eigenvalue weighted by molar-refractivity contribution is 4.69. The second-order valence-corrected chi connectivity index (χ2v) is 5.59. The van der Waals surface area contributed by atoms with Crippen LogP contribution in [0.25, 0.3) is 0 Å². The summed E-state index contributed by atoms with van der Waals surface area (Å²) in [7, 11) is 4.30. The van der Waals surface area contributed by atoms with E-state index in [0.717, 1.165) is 13.1 Å². The molecule has 0 radical (unpaired) electrons. The van der Waals surface area contributed by atoms with Gasteiger partial charge in [0.05, 0.1) is 0 Å². The summed E-state index contributed by atoms with van der Waals surface area (Å²) in [5.74, 6) is 0. The maximum absolute atomic E-state index is 3.50. The van der Waals surface area contributed by atoms with E-state index >= 15 is 0 Å². The summed E-state index contributed by atoms with van der Waals surface area (Å²) in [5, 5.41) is 3.50. The molecule has 0 rings (SSSR count). The molecular formula is C14H33N3. The van der Waals surface area contributed by atoms with Gasteiger partial charge in [-0.3, -0.25) is 4.90 Å². The van der Waals surface area contributed by atoms with Crippen molar-refractivity contribution in [3.63, 3.8) is 0 Å². The molecule has 0 bridgehead atoms. The van der Waals surface area contributed by atoms with Gasteiger partial charge in [-0.25, -0.2) is 0 Å². The second kappa shape index (κ2) is 9.86. The van der Waals surface area contributed by atoms with Gasteiger partial charge in [-0.15, -0.1) is 0 Å². The zero-order chi connectivity index (χ0) is 13.3. The van der Waals surface area contributed by atoms with Gasteiger partial charge in [0.2, 0.25) is 0 Å². The van der Waals surface area contributed by atoms with Crippen molar-refractivity contribution in [1.29, 1.82) is 0 Å². The third-order valence-corrected chi connectivity index (χ3v) is 3.08. The van der Waals surface area contributed by atoms with Crippen LogP contribution in [0.4, 0.5) is 0 Å². The Hall–Kier alpha value is -0.120. The van der Waals surface area contributed by atoms with Crippen LogP contribution in [-0.4, -0.2) is 62.2 Å². The summed E-state index contributed by atoms with van der Waals surface area (Å²) in [4.78, 5) is 4.88. The molecule has 3 heteroatoms. The molecule has 104 valence electrons. The minimum absolute atomic E-state index is 0.601. The minimum atomic E-state index is 0.601. The SMILES string of the molecule is CCCN(CCN(C)C)C(C)CCNC(C)C. The van der Waals surface area contributed by atoms with Crippen LogP contribution in [0.1, 0.15) is 40.5 Å². The van der Waals surface area contributed by atoms with Crippen molar-refractivity contribution in [2.45, 2.75) is 52.6 Å². The number of hydrogen-bond donors (Lipinski definition) is 1. The third-order valence-electron chi connectivity index (χ3n) is 3.08. The van der Waals surface area contributed by atoms with Crippen molar-refractivity contribution in [1.82, 2.24) is 15.1 Å². The van der Waals surface area contributed by atoms with Crippen LogP contribution in [0, 0.1) is 0 Å². The van der Waals surface area contributed by atoms with E-state index < -0.39 is 0 Å². The maximum atomic E-state index is 3.50. The smallest absolute Gasteiger partial charge is 0.0112 e. The van der Waals surface area contributed by atoms with Crippen LogP contribution in [0.5, 0.6) is 0 Å². The van der Waals surface area contributed by atoms with E-state index in [0.29, 0.717) is 12.1 Å². The van der Waals surface area contributed by atoms with Crippen molar-refractivity contribution < 1.29 is 0 Å². The van der Waals surface area contributed by atoms with E-state index in [-0.39, 0.29) is 0 Å². The average molecular weight is 243 g/mol. The van der Waals surface area contributed by atoms with Crippen LogP contribution in [0.2, 0.25) is 0 Å². The van der Waals surface area contributed by atoms with Gasteiger partial charge >= 0.3 is 0 Å². The lowest BCUT2D eigenvalue weighted by atomic mass is 10.2. The molecule has 0 amide bonds. The lowest BCUT2D eigenvalue weighted by Crippen LogP contribution is -2.40. The van der Waals surface area contributed by atoms with E-state index in [2.05, 4.69) is 56.9 Å². The van der Waals surface area contributed by atoms with Gasteiger partial charge in [-0.2, -0.15) is 0 Å². The van der Waals surface area contributed by atoms with Gasteiger partial charge < -0.3 is 10.2 Å². The first kappa shape index (κ1) is 16.9. The molecule has 0 aliphatic carbocycles. The van der Waals surface area contributed by atoms with E-state index in [1.165, 1.54) is 25.9 Å². The van der Waals surface area contributed by atoms with Crippen LogP contribution in [0.15, 0.2) is 0 Å². The predicted molar refractivity (Wildman–Crippen MR) is 77.6 cm³/mol. The Morgan fingerprint density at radius 1 is 1.00 bits per heavy atom. The highest BCUT2D eigenvalue weighted by Crippen LogP contribution is 2.04. The number of nitrogens with one attached hydrogen (secondary N) is 1. The fourth-order valence-electron chi connectivity index (χ4n) is 1.93. The summed E-state index contributed by atoms with van der Waals surface area (Å²) < 4.78 is 0. The van der Waals surface area contributed by atoms with E-state index in [4.69, 9.17) is 0 Å². The largest absolute Gasteiger partial charge is 0.314 e. The van der Waals surface area contributed by atoms with Crippen LogP contribution in [0.3, 0.4) is 0 Å². The Labute approximate surface area is 109 Å². The fourth-order valence-corrected chi connectivity index (χ4v) is 1.93. The normalized spacial score (nSPS) is 13.9. The minimum Gasteiger partial charge on any atom is -0.314 e. The Balaban J connectivity index is 3.91. The van der Waals surface area contributed by atoms with E-state index in [9.17, 15) is 0 Å². The molecular weight excluding hydrogens is 210 g/mol. The number of hydrogen-bond acceptors (Lipinski definition) is 3. The molecule has 0 aromatic heterocycles. The Bertz CT molecular complexity index is 169. The number of likely N-dealkylation sites (N-methyl/N-ethyl adjacent to an activating group) is 1. The first-order chi connectivity index (χ1) is 7.97. The van der Waals surface area contributed by atoms with Crippen molar-refractivity contribution in [2.24, 2.45) is 0 Å². The summed E-state index contributed by atoms with van der Waals surface area (Å²) in [6.07, 6.45) is 2.49. The molecule has 0 aromatic carbocycles. The van der Waals surface area contributed by atoms with Crippen molar-refractivity contribution in [3.05, 3.63) is 0 Å². The molecule has 3 nitrogen and oxygen atoms in total. The molecule has 17 heavy (non-hydrogen) atoms. The zero-order valence-electron chi connectivity index (χ0n) is 12.8. The topological polar surface area (TPSA) is 18.5 Å². The van der Waals surface area contributed by atoms with Gasteiger partial charge in [0.25, 0.3) is 0 Å². The molecule has 0 heterocycles. The van der Waals surface area contributed by atoms with Crippen LogP contribution >= 0.6 is 0 Å². The highest BCUT2D eigenvalue weighted by atomic mass is 15.2. The standard InChI is InChI=1S/C14H33N3/c1-7-10-17(12-11-16(5)6)14(4)8-9-15-13(2)3/h13-15H,7-12H2,1-6H3. The van der Waals surface area contributed by atoms with Gasteiger partial charge in [-0.05, 0) is 47.0 Å². The molecule has 1 atom stereocenters. The summed E-state index contributed by atoms with van der Waals surface area (Å²) in [6, 6.07) is 1.28. The highest BCUT2D eigenvalue weighted by Gasteiger charge is 2.12. The van der Waals surface area contributed by atoms with E-state index in [1.54, 1.807) is 0 Å². The Morgan fingerprint density at radius 2 is 1.65 bits per heavy atom. The Kier molecular flexibility index (Phi) is 9.79. The van der Waals surface area contributed by atoms with E-state index in [1.807, 2.05) is 0 Å². The lowest BCUT2D eigenvalue weighted by molar-refractivity contribution is 0.180. The fraction of sp³-hybridized carbons (Fsp3) is 1.00. The van der Waals surface area contributed by atoms with Crippen molar-refractivity contribution >= 4 is 0 Å². The van der Waals surface area contributed by atoms with Gasteiger partial charge in [0.1, 0.15) is 0 Å². The quantitative estimate of drug-likeness (QED) is 0.633. The predicted octanol–water partition coefficient (Wildman–Crippen LogP) is 2.04. The number of nitrogens with zero attached hydrogens (tertiary/aromatic N) is 2. The molecule has 0 saturated heterocycles. The lowest BCUT2D eigenvalue weighted by Gasteiger charge is -2.30. The molecule has 0 aliphatic rings. The summed E-state index contributed by atoms with van der Waals surface area (Å²) in [6.45, 7) is 13.7. The van der Waals surface area contributed by atoms with Crippen LogP contribution in [-0.2, 0) is 0 Å². The molecule has 0 fully saturated rings. The first-order valence-corrected chi connectivity index (χ1v) is 7.09. The zero-order valence-corrected chi connectivity index (χ0v) is 12.8. The molecule has 1 unspecified atom stereocenters. The van der Waals surface area contributed by atoms with Crippen molar-refractivity contribution in [3.8, 4) is 0 Å². The molecule has 0 spiro atoms. The number of rotatable bonds is 10. The van der Waals surface area contributed by atoms with Crippen LogP contribution < -0.4 is 5.32 Å². The average Bonchev–Trinajstić information content (AvgIpc) is 2.23. The maximum Gasteiger partial charge on any atom is 0.0112 e. The molecule has 0 aromatic rings. The second-order valence-electron chi connectivity index (χ2n) is 5.59. The summed E-state index contributed by atoms with van der Waals surface area (Å²) in [5.41, 5.74) is 0. The molecule has 1 N–H and O–H groups in total. The summed E-state index contributed by atoms with van der Waals surface area (Å²) >= 11 is 0. The Morgan fingerprint density at radius 3 is 2.12 bits per heavy atom. The monoisotopic (exact) mass is 243 g/mol. The third kappa shape index (κ3) is 9.57. The first-order valence-electron chi connectivity index (χ1n) is 7.09. The van der Waals surface area contributed by atoms with Gasteiger partial charge in [0.15, 0.2) is 0 Å². The van der Waals surface area contributed by atoms with Gasteiger partial charge in [-0.1, -0.05) is 20.8 Å². The molecule has 0 aliphatic heterocycles.